The molecule has 1 heterocycles. The predicted octanol–water partition coefficient (Wildman–Crippen LogP) is 4.51. The largest absolute Gasteiger partial charge is 0.496 e. The number of hydrogen-bond acceptors (Lipinski definition) is 8. The molecule has 1 N–H and O–H groups in total. The van der Waals surface area contributed by atoms with Gasteiger partial charge in [-0.2, -0.15) is 5.10 Å². The van der Waals surface area contributed by atoms with Crippen molar-refractivity contribution in [2.75, 3.05) is 27.1 Å². The maximum atomic E-state index is 12.6. The molecule has 0 fully saturated rings. The van der Waals surface area contributed by atoms with Gasteiger partial charge in [0.1, 0.15) is 17.2 Å². The van der Waals surface area contributed by atoms with Crippen molar-refractivity contribution in [1.82, 2.24) is 20.2 Å². The number of aryl methyl sites for hydroxylation is 1. The molecule has 1 amide bonds. The van der Waals surface area contributed by atoms with Gasteiger partial charge in [0, 0.05) is 23.4 Å². The van der Waals surface area contributed by atoms with Gasteiger partial charge in [0.05, 0.1) is 38.9 Å². The van der Waals surface area contributed by atoms with Crippen LogP contribution in [0.5, 0.6) is 17.2 Å². The van der Waals surface area contributed by atoms with Crippen molar-refractivity contribution in [2.45, 2.75) is 12.1 Å². The number of thioether (sulfide) groups is 1. The van der Waals surface area contributed by atoms with Gasteiger partial charge in [-0.3, -0.25) is 9.36 Å². The van der Waals surface area contributed by atoms with E-state index in [1.165, 1.54) is 32.2 Å². The Morgan fingerprint density at radius 1 is 0.973 bits per heavy atom. The summed E-state index contributed by atoms with van der Waals surface area (Å²) in [6.45, 7) is 2.04. The number of amides is 1. The van der Waals surface area contributed by atoms with Crippen LogP contribution in [0.15, 0.2) is 77.0 Å². The van der Waals surface area contributed by atoms with E-state index < -0.39 is 0 Å². The minimum atomic E-state index is -0.299. The molecule has 190 valence electrons. The summed E-state index contributed by atoms with van der Waals surface area (Å²) >= 11 is 1.27. The van der Waals surface area contributed by atoms with Crippen molar-refractivity contribution in [3.8, 4) is 34.3 Å². The van der Waals surface area contributed by atoms with Crippen molar-refractivity contribution >= 4 is 23.9 Å². The minimum Gasteiger partial charge on any atom is -0.496 e. The first-order valence-electron chi connectivity index (χ1n) is 11.4. The van der Waals surface area contributed by atoms with Crippen molar-refractivity contribution in [3.63, 3.8) is 0 Å². The number of para-hydroxylation sites is 1. The summed E-state index contributed by atoms with van der Waals surface area (Å²) in [5.74, 6) is 2.08. The molecule has 0 aliphatic carbocycles. The molecule has 0 spiro atoms. The van der Waals surface area contributed by atoms with E-state index >= 15 is 0 Å². The first-order chi connectivity index (χ1) is 18.0. The van der Waals surface area contributed by atoms with Gasteiger partial charge >= 0.3 is 0 Å². The number of rotatable bonds is 10. The minimum absolute atomic E-state index is 0.0904. The fourth-order valence-corrected chi connectivity index (χ4v) is 4.30. The average Bonchev–Trinajstić information content (AvgIpc) is 3.36. The Kier molecular flexibility index (Phi) is 8.42. The van der Waals surface area contributed by atoms with Crippen molar-refractivity contribution < 1.29 is 19.0 Å². The molecule has 3 aromatic carbocycles. The van der Waals surface area contributed by atoms with E-state index in [0.717, 1.165) is 16.8 Å². The van der Waals surface area contributed by atoms with Crippen LogP contribution in [0.3, 0.4) is 0 Å². The Hall–Kier alpha value is -4.31. The Bertz CT molecular complexity index is 1360. The molecule has 1 aromatic heterocycles. The number of nitrogens with one attached hydrogen (secondary N) is 1. The molecule has 0 saturated carbocycles. The van der Waals surface area contributed by atoms with Gasteiger partial charge in [-0.25, -0.2) is 5.43 Å². The third-order valence-electron chi connectivity index (χ3n) is 5.43. The molecule has 0 aliphatic rings. The summed E-state index contributed by atoms with van der Waals surface area (Å²) in [6, 6.07) is 21.3. The Balaban J connectivity index is 1.50. The predicted molar refractivity (Wildman–Crippen MR) is 144 cm³/mol. The van der Waals surface area contributed by atoms with Gasteiger partial charge in [-0.05, 0) is 19.1 Å². The van der Waals surface area contributed by atoms with Crippen LogP contribution >= 0.6 is 11.8 Å². The molecule has 0 radical (unpaired) electrons. The van der Waals surface area contributed by atoms with Gasteiger partial charge in [0.15, 0.2) is 11.0 Å². The van der Waals surface area contributed by atoms with E-state index in [2.05, 4.69) is 20.7 Å². The Morgan fingerprint density at radius 2 is 1.65 bits per heavy atom. The van der Waals surface area contributed by atoms with E-state index in [-0.39, 0.29) is 11.7 Å². The van der Waals surface area contributed by atoms with Crippen LogP contribution in [-0.4, -0.2) is 54.0 Å². The molecule has 0 aliphatic heterocycles. The number of hydrazone groups is 1. The molecule has 37 heavy (non-hydrogen) atoms. The fraction of sp³-hybridized carbons (Fsp3) is 0.185. The lowest BCUT2D eigenvalue weighted by molar-refractivity contribution is -0.118. The van der Waals surface area contributed by atoms with Crippen LogP contribution in [0.2, 0.25) is 0 Å². The molecule has 0 unspecified atom stereocenters. The zero-order valence-electron chi connectivity index (χ0n) is 21.0. The molecule has 10 heteroatoms. The topological polar surface area (TPSA) is 99.9 Å². The van der Waals surface area contributed by atoms with E-state index in [1.807, 2.05) is 66.1 Å². The van der Waals surface area contributed by atoms with Gasteiger partial charge in [-0.1, -0.05) is 59.8 Å². The van der Waals surface area contributed by atoms with Crippen LogP contribution in [0.1, 0.15) is 11.1 Å². The molecule has 4 aromatic rings. The lowest BCUT2D eigenvalue weighted by atomic mass is 10.1. The number of carbonyl (C=O) groups excluding carboxylic acids is 1. The highest BCUT2D eigenvalue weighted by Crippen LogP contribution is 2.32. The van der Waals surface area contributed by atoms with Gasteiger partial charge in [0.25, 0.3) is 5.91 Å². The molecular formula is C27H27N5O4S. The van der Waals surface area contributed by atoms with Crippen LogP contribution in [-0.2, 0) is 4.79 Å². The molecule has 4 rings (SSSR count). The number of aromatic nitrogens is 3. The number of benzene rings is 3. The van der Waals surface area contributed by atoms with Crippen LogP contribution in [0.25, 0.3) is 17.1 Å². The SMILES string of the molecule is COc1cc(OC)c(/C=N\NC(=O)CSc2nnc(-c3ccc(C)cc3)n2-c2ccccc2)c(OC)c1. The van der Waals surface area contributed by atoms with E-state index in [1.54, 1.807) is 19.2 Å². The van der Waals surface area contributed by atoms with Crippen LogP contribution in [0.4, 0.5) is 0 Å². The zero-order chi connectivity index (χ0) is 26.2. The third kappa shape index (κ3) is 6.10. The van der Waals surface area contributed by atoms with E-state index in [0.29, 0.717) is 33.8 Å². The smallest absolute Gasteiger partial charge is 0.250 e. The second-order valence-electron chi connectivity index (χ2n) is 7.87. The molecule has 0 atom stereocenters. The second-order valence-corrected chi connectivity index (χ2v) is 8.81. The van der Waals surface area contributed by atoms with Crippen molar-refractivity contribution in [2.24, 2.45) is 5.10 Å². The van der Waals surface area contributed by atoms with Crippen molar-refractivity contribution in [3.05, 3.63) is 77.9 Å². The number of methoxy groups -OCH3 is 3. The lowest BCUT2D eigenvalue weighted by Gasteiger charge is -2.12. The van der Waals surface area contributed by atoms with Crippen LogP contribution in [0, 0.1) is 6.92 Å². The highest BCUT2D eigenvalue weighted by atomic mass is 32.2. The van der Waals surface area contributed by atoms with E-state index in [9.17, 15) is 4.79 Å². The fourth-order valence-electron chi connectivity index (χ4n) is 3.55. The Labute approximate surface area is 219 Å². The second kappa shape index (κ2) is 12.1. The number of carbonyl (C=O) groups is 1. The zero-order valence-corrected chi connectivity index (χ0v) is 21.8. The summed E-state index contributed by atoms with van der Waals surface area (Å²) in [7, 11) is 4.63. The maximum absolute atomic E-state index is 12.6. The Morgan fingerprint density at radius 3 is 2.27 bits per heavy atom. The monoisotopic (exact) mass is 517 g/mol. The number of ether oxygens (including phenoxy) is 3. The summed E-state index contributed by atoms with van der Waals surface area (Å²) in [4.78, 5) is 12.6. The number of hydrogen-bond donors (Lipinski definition) is 1. The quantitative estimate of drug-likeness (QED) is 0.188. The van der Waals surface area contributed by atoms with Crippen molar-refractivity contribution in [1.29, 1.82) is 0 Å². The molecule has 0 saturated heterocycles. The van der Waals surface area contributed by atoms with Crippen LogP contribution < -0.4 is 19.6 Å². The maximum Gasteiger partial charge on any atom is 0.250 e. The highest BCUT2D eigenvalue weighted by molar-refractivity contribution is 7.99. The molecule has 0 bridgehead atoms. The molecular weight excluding hydrogens is 490 g/mol. The standard InChI is InChI=1S/C27H27N5O4S/c1-18-10-12-19(13-11-18)26-30-31-27(32(26)20-8-6-5-7-9-20)37-17-25(33)29-28-16-22-23(35-3)14-21(34-2)15-24(22)36-4/h5-16H,17H2,1-4H3,(H,29,33)/b28-16-. The summed E-state index contributed by atoms with van der Waals surface area (Å²) < 4.78 is 18.0. The molecule has 9 nitrogen and oxygen atoms in total. The van der Waals surface area contributed by atoms with Gasteiger partial charge in [0.2, 0.25) is 0 Å². The van der Waals surface area contributed by atoms with Gasteiger partial charge in [-0.15, -0.1) is 10.2 Å². The normalized spacial score (nSPS) is 10.9. The average molecular weight is 518 g/mol. The number of nitrogens with zero attached hydrogens (tertiary/aromatic N) is 4. The third-order valence-corrected chi connectivity index (χ3v) is 6.35. The first kappa shape index (κ1) is 25.8. The van der Waals surface area contributed by atoms with E-state index in [4.69, 9.17) is 14.2 Å². The first-order valence-corrected chi connectivity index (χ1v) is 12.3. The summed E-state index contributed by atoms with van der Waals surface area (Å²) in [6.07, 6.45) is 1.47. The van der Waals surface area contributed by atoms with Gasteiger partial charge < -0.3 is 14.2 Å². The highest BCUT2D eigenvalue weighted by Gasteiger charge is 2.17. The summed E-state index contributed by atoms with van der Waals surface area (Å²) in [5, 5.41) is 13.5. The summed E-state index contributed by atoms with van der Waals surface area (Å²) in [5.41, 5.74) is 6.12. The lowest BCUT2D eigenvalue weighted by Crippen LogP contribution is -2.20.